The van der Waals surface area contributed by atoms with Crippen LogP contribution < -0.4 is 5.32 Å². The minimum Gasteiger partial charge on any atom is -0.325 e. The first-order valence-corrected chi connectivity index (χ1v) is 11.8. The van der Waals surface area contributed by atoms with Gasteiger partial charge in [-0.1, -0.05) is 77.1 Å². The molecule has 4 aromatic rings. The van der Waals surface area contributed by atoms with Crippen LogP contribution in [0.2, 0.25) is 0 Å². The van der Waals surface area contributed by atoms with Crippen molar-refractivity contribution in [1.82, 2.24) is 14.8 Å². The summed E-state index contributed by atoms with van der Waals surface area (Å²) in [5.41, 5.74) is 1.99. The fourth-order valence-electron chi connectivity index (χ4n) is 3.42. The van der Waals surface area contributed by atoms with Crippen molar-refractivity contribution in [3.05, 3.63) is 82.6 Å². The van der Waals surface area contributed by atoms with Gasteiger partial charge in [-0.15, -0.1) is 10.2 Å². The van der Waals surface area contributed by atoms with E-state index in [1.165, 1.54) is 28.1 Å². The number of benzene rings is 3. The van der Waals surface area contributed by atoms with Gasteiger partial charge >= 0.3 is 0 Å². The molecule has 31 heavy (non-hydrogen) atoms. The molecule has 0 saturated carbocycles. The third kappa shape index (κ3) is 4.99. The Balaban J connectivity index is 1.49. The highest BCUT2D eigenvalue weighted by Gasteiger charge is 2.22. The van der Waals surface area contributed by atoms with Crippen molar-refractivity contribution in [3.63, 3.8) is 0 Å². The van der Waals surface area contributed by atoms with Crippen LogP contribution in [0.5, 0.6) is 0 Å². The number of hydrogen-bond acceptors (Lipinski definition) is 4. The van der Waals surface area contributed by atoms with Crippen LogP contribution in [0.1, 0.15) is 24.7 Å². The zero-order chi connectivity index (χ0) is 21.8. The Labute approximate surface area is 194 Å². The monoisotopic (exact) mass is 494 g/mol. The summed E-state index contributed by atoms with van der Waals surface area (Å²) in [6, 6.07) is 22.3. The highest BCUT2D eigenvalue weighted by Crippen LogP contribution is 2.27. The third-order valence-electron chi connectivity index (χ3n) is 5.18. The molecular weight excluding hydrogens is 472 g/mol. The highest BCUT2D eigenvalue weighted by atomic mass is 79.9. The number of halogens is 1. The van der Waals surface area contributed by atoms with Crippen molar-refractivity contribution in [3.8, 4) is 0 Å². The number of anilines is 1. The van der Waals surface area contributed by atoms with Crippen LogP contribution in [0.4, 0.5) is 5.69 Å². The van der Waals surface area contributed by atoms with E-state index < -0.39 is 0 Å². The van der Waals surface area contributed by atoms with Crippen molar-refractivity contribution in [1.29, 1.82) is 0 Å². The van der Waals surface area contributed by atoms with E-state index in [4.69, 9.17) is 0 Å². The van der Waals surface area contributed by atoms with E-state index in [9.17, 15) is 4.79 Å². The summed E-state index contributed by atoms with van der Waals surface area (Å²) in [5.74, 6) is 0.843. The number of amides is 1. The molecule has 0 aliphatic carbocycles. The van der Waals surface area contributed by atoms with Gasteiger partial charge in [0.2, 0.25) is 5.91 Å². The maximum Gasteiger partial charge on any atom is 0.237 e. The Morgan fingerprint density at radius 3 is 2.58 bits per heavy atom. The van der Waals surface area contributed by atoms with Gasteiger partial charge in [0.15, 0.2) is 5.16 Å². The smallest absolute Gasteiger partial charge is 0.237 e. The number of carbonyl (C=O) groups excluding carboxylic acids is 1. The lowest BCUT2D eigenvalue weighted by molar-refractivity contribution is -0.115. The molecule has 5 nitrogen and oxygen atoms in total. The summed E-state index contributed by atoms with van der Waals surface area (Å²) < 4.78 is 2.96. The molecule has 1 atom stereocenters. The topological polar surface area (TPSA) is 59.8 Å². The molecule has 1 heterocycles. The first kappa shape index (κ1) is 21.6. The normalized spacial score (nSPS) is 12.1. The van der Waals surface area contributed by atoms with Gasteiger partial charge in [0.05, 0.1) is 5.25 Å². The molecule has 3 aromatic carbocycles. The van der Waals surface area contributed by atoms with Gasteiger partial charge in [0.1, 0.15) is 5.82 Å². The van der Waals surface area contributed by atoms with Crippen LogP contribution in [-0.2, 0) is 18.3 Å². The molecule has 0 aliphatic heterocycles. The molecular formula is C24H23BrN4OS. The summed E-state index contributed by atoms with van der Waals surface area (Å²) in [7, 11) is 1.96. The summed E-state index contributed by atoms with van der Waals surface area (Å²) in [6.07, 6.45) is 1.38. The molecule has 1 amide bonds. The van der Waals surface area contributed by atoms with Gasteiger partial charge < -0.3 is 9.88 Å². The Hall–Kier alpha value is -2.64. The van der Waals surface area contributed by atoms with Gasteiger partial charge in [0, 0.05) is 23.6 Å². The van der Waals surface area contributed by atoms with Crippen LogP contribution >= 0.6 is 27.7 Å². The van der Waals surface area contributed by atoms with Crippen molar-refractivity contribution in [2.45, 2.75) is 30.2 Å². The predicted octanol–water partition coefficient (Wildman–Crippen LogP) is 5.83. The molecule has 0 radical (unpaired) electrons. The van der Waals surface area contributed by atoms with Gasteiger partial charge in [-0.25, -0.2) is 0 Å². The van der Waals surface area contributed by atoms with Crippen LogP contribution in [-0.4, -0.2) is 25.9 Å². The molecule has 0 spiro atoms. The van der Waals surface area contributed by atoms with E-state index in [-0.39, 0.29) is 11.2 Å². The zero-order valence-corrected chi connectivity index (χ0v) is 19.8. The minimum atomic E-state index is -0.253. The Morgan fingerprint density at radius 1 is 1.06 bits per heavy atom. The number of fused-ring (bicyclic) bond motifs is 1. The van der Waals surface area contributed by atoms with Gasteiger partial charge in [-0.2, -0.15) is 0 Å². The quantitative estimate of drug-likeness (QED) is 0.328. The Bertz CT molecular complexity index is 1200. The molecule has 1 aromatic heterocycles. The number of nitrogens with one attached hydrogen (secondary N) is 1. The molecule has 158 valence electrons. The van der Waals surface area contributed by atoms with Gasteiger partial charge in [-0.05, 0) is 47.0 Å². The number of nitrogens with zero attached hydrogens (tertiary/aromatic N) is 3. The molecule has 0 fully saturated rings. The SMILES string of the molecule is CCC(Sc1nnc(Cc2cccc3ccccc23)n1C)C(=O)Nc1ccc(Br)cc1. The maximum atomic E-state index is 12.8. The van der Waals surface area contributed by atoms with Crippen molar-refractivity contribution < 1.29 is 4.79 Å². The summed E-state index contributed by atoms with van der Waals surface area (Å²) >= 11 is 4.86. The molecule has 1 N–H and O–H groups in total. The predicted molar refractivity (Wildman–Crippen MR) is 130 cm³/mol. The van der Waals surface area contributed by atoms with E-state index in [0.29, 0.717) is 12.8 Å². The minimum absolute atomic E-state index is 0.0339. The van der Waals surface area contributed by atoms with E-state index in [1.807, 2.05) is 48.9 Å². The first-order valence-electron chi connectivity index (χ1n) is 10.1. The second-order valence-corrected chi connectivity index (χ2v) is 9.37. The standard InChI is InChI=1S/C24H23BrN4OS/c1-3-21(23(30)26-19-13-11-18(25)12-14-19)31-24-28-27-22(29(24)2)15-17-9-6-8-16-7-4-5-10-20(16)17/h4-14,21H,3,15H2,1-2H3,(H,26,30). The summed E-state index contributed by atoms with van der Waals surface area (Å²) in [4.78, 5) is 12.8. The molecule has 0 aliphatic rings. The largest absolute Gasteiger partial charge is 0.325 e. The lowest BCUT2D eigenvalue weighted by atomic mass is 10.0. The van der Waals surface area contributed by atoms with Crippen LogP contribution in [0.3, 0.4) is 0 Å². The second-order valence-electron chi connectivity index (χ2n) is 7.28. The molecule has 0 saturated heterocycles. The third-order valence-corrected chi connectivity index (χ3v) is 7.10. The average Bonchev–Trinajstić information content (AvgIpc) is 3.13. The fourth-order valence-corrected chi connectivity index (χ4v) is 4.63. The maximum absolute atomic E-state index is 12.8. The lowest BCUT2D eigenvalue weighted by Gasteiger charge is -2.14. The van der Waals surface area contributed by atoms with Crippen LogP contribution in [0.25, 0.3) is 10.8 Å². The molecule has 1 unspecified atom stereocenters. The number of carbonyl (C=O) groups is 1. The van der Waals surface area contributed by atoms with Crippen molar-refractivity contribution in [2.75, 3.05) is 5.32 Å². The van der Waals surface area contributed by atoms with E-state index in [0.717, 1.165) is 21.1 Å². The molecule has 0 bridgehead atoms. The molecule has 4 rings (SSSR count). The zero-order valence-electron chi connectivity index (χ0n) is 17.4. The summed E-state index contributed by atoms with van der Waals surface area (Å²) in [6.45, 7) is 2.01. The van der Waals surface area contributed by atoms with Gasteiger partial charge in [0.25, 0.3) is 0 Å². The number of thioether (sulfide) groups is 1. The first-order chi connectivity index (χ1) is 15.0. The molecule has 7 heteroatoms. The summed E-state index contributed by atoms with van der Waals surface area (Å²) in [5, 5.41) is 14.7. The average molecular weight is 495 g/mol. The van der Waals surface area contributed by atoms with Crippen molar-refractivity contribution in [2.24, 2.45) is 7.05 Å². The van der Waals surface area contributed by atoms with Crippen LogP contribution in [0.15, 0.2) is 76.4 Å². The van der Waals surface area contributed by atoms with Crippen molar-refractivity contribution >= 4 is 50.1 Å². The van der Waals surface area contributed by atoms with E-state index >= 15 is 0 Å². The number of rotatable bonds is 7. The number of aromatic nitrogens is 3. The Morgan fingerprint density at radius 2 is 1.81 bits per heavy atom. The van der Waals surface area contributed by atoms with Gasteiger partial charge in [-0.3, -0.25) is 4.79 Å². The van der Waals surface area contributed by atoms with E-state index in [1.54, 1.807) is 0 Å². The number of hydrogen-bond donors (Lipinski definition) is 1. The fraction of sp³-hybridized carbons (Fsp3) is 0.208. The van der Waals surface area contributed by atoms with Crippen LogP contribution in [0, 0.1) is 0 Å². The Kier molecular flexibility index (Phi) is 6.73. The highest BCUT2D eigenvalue weighted by molar-refractivity contribution is 9.10. The van der Waals surface area contributed by atoms with E-state index in [2.05, 4.69) is 67.8 Å². The lowest BCUT2D eigenvalue weighted by Crippen LogP contribution is -2.25. The second kappa shape index (κ2) is 9.66.